The number of hydrogen-bond donors (Lipinski definition) is 2. The molecule has 8 heteroatoms. The van der Waals surface area contributed by atoms with Gasteiger partial charge in [0.25, 0.3) is 0 Å². The van der Waals surface area contributed by atoms with Crippen molar-refractivity contribution in [1.82, 2.24) is 19.6 Å². The van der Waals surface area contributed by atoms with Crippen LogP contribution < -0.4 is 5.32 Å². The van der Waals surface area contributed by atoms with E-state index in [9.17, 15) is 9.59 Å². The van der Waals surface area contributed by atoms with Crippen molar-refractivity contribution >= 4 is 17.7 Å². The molecule has 2 N–H and O–H groups in total. The van der Waals surface area contributed by atoms with E-state index in [0.29, 0.717) is 12.4 Å². The molecular formula is C14H19N5O3. The third-order valence-electron chi connectivity index (χ3n) is 3.19. The van der Waals surface area contributed by atoms with Gasteiger partial charge in [-0.25, -0.2) is 9.48 Å². The minimum atomic E-state index is -1.12. The standard InChI is InChI=1S/C14H19N5O3/c1-4-6-19-12(8-9(2)16-19)15-13(20)10(3)18-7-5-11(17-18)14(21)22/h5,7-8,10H,4,6H2,1-3H3,(H,15,20)(H,21,22). The van der Waals surface area contributed by atoms with E-state index >= 15 is 0 Å². The normalized spacial score (nSPS) is 12.1. The van der Waals surface area contributed by atoms with Crippen molar-refractivity contribution in [3.05, 3.63) is 29.7 Å². The Balaban J connectivity index is 2.12. The number of carbonyl (C=O) groups excluding carboxylic acids is 1. The molecule has 1 amide bonds. The first-order valence-corrected chi connectivity index (χ1v) is 7.06. The lowest BCUT2D eigenvalue weighted by Gasteiger charge is -2.13. The average molecular weight is 305 g/mol. The lowest BCUT2D eigenvalue weighted by molar-refractivity contribution is -0.119. The molecule has 22 heavy (non-hydrogen) atoms. The highest BCUT2D eigenvalue weighted by Crippen LogP contribution is 2.14. The molecule has 0 radical (unpaired) electrons. The summed E-state index contributed by atoms with van der Waals surface area (Å²) in [4.78, 5) is 23.1. The molecule has 0 aliphatic carbocycles. The van der Waals surface area contributed by atoms with Gasteiger partial charge in [-0.3, -0.25) is 9.48 Å². The summed E-state index contributed by atoms with van der Waals surface area (Å²) in [5, 5.41) is 19.9. The van der Waals surface area contributed by atoms with Gasteiger partial charge in [0.2, 0.25) is 5.91 Å². The molecule has 0 aliphatic heterocycles. The third-order valence-corrected chi connectivity index (χ3v) is 3.19. The van der Waals surface area contributed by atoms with Crippen molar-refractivity contribution in [3.63, 3.8) is 0 Å². The quantitative estimate of drug-likeness (QED) is 0.845. The van der Waals surface area contributed by atoms with Gasteiger partial charge in [-0.2, -0.15) is 10.2 Å². The summed E-state index contributed by atoms with van der Waals surface area (Å²) in [5.74, 6) is -0.776. The van der Waals surface area contributed by atoms with Crippen molar-refractivity contribution < 1.29 is 14.7 Å². The molecule has 0 aromatic carbocycles. The fourth-order valence-electron chi connectivity index (χ4n) is 2.05. The minimum Gasteiger partial charge on any atom is -0.476 e. The average Bonchev–Trinajstić information content (AvgIpc) is 3.06. The van der Waals surface area contributed by atoms with E-state index in [1.807, 2.05) is 13.8 Å². The van der Waals surface area contributed by atoms with E-state index in [1.54, 1.807) is 17.7 Å². The number of anilines is 1. The van der Waals surface area contributed by atoms with Crippen molar-refractivity contribution in [2.24, 2.45) is 0 Å². The fraction of sp³-hybridized carbons (Fsp3) is 0.429. The van der Waals surface area contributed by atoms with Crippen molar-refractivity contribution in [3.8, 4) is 0 Å². The first-order chi connectivity index (χ1) is 10.4. The topological polar surface area (TPSA) is 102 Å². The van der Waals surface area contributed by atoms with E-state index in [-0.39, 0.29) is 11.6 Å². The van der Waals surface area contributed by atoms with Crippen LogP contribution in [-0.4, -0.2) is 36.5 Å². The van der Waals surface area contributed by atoms with E-state index in [4.69, 9.17) is 5.11 Å². The number of carboxylic acid groups (broad SMARTS) is 1. The number of amides is 1. The molecule has 0 fully saturated rings. The Hall–Kier alpha value is -2.64. The Morgan fingerprint density at radius 1 is 1.41 bits per heavy atom. The summed E-state index contributed by atoms with van der Waals surface area (Å²) >= 11 is 0. The summed E-state index contributed by atoms with van der Waals surface area (Å²) < 4.78 is 3.07. The van der Waals surface area contributed by atoms with Gasteiger partial charge in [0.05, 0.1) is 5.69 Å². The summed E-state index contributed by atoms with van der Waals surface area (Å²) in [6, 6.07) is 2.53. The number of aromatic nitrogens is 4. The number of nitrogens with zero attached hydrogens (tertiary/aromatic N) is 4. The first kappa shape index (κ1) is 15.7. The monoisotopic (exact) mass is 305 g/mol. The Labute approximate surface area is 127 Å². The van der Waals surface area contributed by atoms with Crippen LogP contribution in [0.5, 0.6) is 0 Å². The van der Waals surface area contributed by atoms with Crippen LogP contribution in [0.1, 0.15) is 42.5 Å². The van der Waals surface area contributed by atoms with E-state index in [2.05, 4.69) is 15.5 Å². The van der Waals surface area contributed by atoms with Crippen LogP contribution in [0, 0.1) is 6.92 Å². The predicted octanol–water partition coefficient (Wildman–Crippen LogP) is 1.70. The molecule has 0 saturated heterocycles. The smallest absolute Gasteiger partial charge is 0.356 e. The summed E-state index contributed by atoms with van der Waals surface area (Å²) in [7, 11) is 0. The highest BCUT2D eigenvalue weighted by atomic mass is 16.4. The Kier molecular flexibility index (Phi) is 4.59. The van der Waals surface area contributed by atoms with Crippen molar-refractivity contribution in [2.75, 3.05) is 5.32 Å². The number of nitrogens with one attached hydrogen (secondary N) is 1. The second kappa shape index (κ2) is 6.42. The molecule has 1 atom stereocenters. The van der Waals surface area contributed by atoms with E-state index in [0.717, 1.165) is 12.1 Å². The van der Waals surface area contributed by atoms with Crippen molar-refractivity contribution in [2.45, 2.75) is 39.8 Å². The summed E-state index contributed by atoms with van der Waals surface area (Å²) in [6.07, 6.45) is 2.38. The van der Waals surface area contributed by atoms with Crippen molar-refractivity contribution in [1.29, 1.82) is 0 Å². The number of aromatic carboxylic acids is 1. The van der Waals surface area contributed by atoms with Crippen LogP contribution in [0.4, 0.5) is 5.82 Å². The molecule has 0 saturated carbocycles. The van der Waals surface area contributed by atoms with Crippen LogP contribution in [0.25, 0.3) is 0 Å². The maximum absolute atomic E-state index is 12.3. The van der Waals surface area contributed by atoms with Crippen LogP contribution >= 0.6 is 0 Å². The minimum absolute atomic E-state index is 0.0912. The maximum Gasteiger partial charge on any atom is 0.356 e. The lowest BCUT2D eigenvalue weighted by atomic mass is 10.3. The van der Waals surface area contributed by atoms with Gasteiger partial charge in [-0.15, -0.1) is 0 Å². The maximum atomic E-state index is 12.3. The Bertz CT molecular complexity index is 688. The molecular weight excluding hydrogens is 286 g/mol. The molecule has 2 aromatic rings. The Morgan fingerprint density at radius 3 is 2.73 bits per heavy atom. The second-order valence-corrected chi connectivity index (χ2v) is 5.05. The van der Waals surface area contributed by atoms with Gasteiger partial charge >= 0.3 is 5.97 Å². The van der Waals surface area contributed by atoms with Crippen LogP contribution in [0.3, 0.4) is 0 Å². The molecule has 2 rings (SSSR count). The van der Waals surface area contributed by atoms with Gasteiger partial charge in [-0.1, -0.05) is 6.92 Å². The van der Waals surface area contributed by atoms with Crippen LogP contribution in [-0.2, 0) is 11.3 Å². The van der Waals surface area contributed by atoms with Gasteiger partial charge in [0.15, 0.2) is 5.69 Å². The zero-order valence-corrected chi connectivity index (χ0v) is 12.8. The molecule has 1 unspecified atom stereocenters. The van der Waals surface area contributed by atoms with Gasteiger partial charge in [-0.05, 0) is 26.3 Å². The summed E-state index contributed by atoms with van der Waals surface area (Å²) in [6.45, 7) is 6.25. The molecule has 118 valence electrons. The van der Waals surface area contributed by atoms with Gasteiger partial charge in [0.1, 0.15) is 11.9 Å². The molecule has 0 aliphatic rings. The highest BCUT2D eigenvalue weighted by Gasteiger charge is 2.19. The number of rotatable bonds is 6. The first-order valence-electron chi connectivity index (χ1n) is 7.06. The molecule has 2 aromatic heterocycles. The predicted molar refractivity (Wildman–Crippen MR) is 79.8 cm³/mol. The zero-order chi connectivity index (χ0) is 16.3. The molecule has 0 spiro atoms. The highest BCUT2D eigenvalue weighted by molar-refractivity contribution is 5.93. The van der Waals surface area contributed by atoms with Gasteiger partial charge in [0, 0.05) is 18.8 Å². The fourth-order valence-corrected chi connectivity index (χ4v) is 2.05. The number of carbonyl (C=O) groups is 2. The Morgan fingerprint density at radius 2 is 2.14 bits per heavy atom. The van der Waals surface area contributed by atoms with Gasteiger partial charge < -0.3 is 10.4 Å². The van der Waals surface area contributed by atoms with E-state index < -0.39 is 12.0 Å². The molecule has 8 nitrogen and oxygen atoms in total. The van der Waals surface area contributed by atoms with Crippen LogP contribution in [0.15, 0.2) is 18.3 Å². The number of hydrogen-bond acceptors (Lipinski definition) is 4. The number of carboxylic acids is 1. The van der Waals surface area contributed by atoms with Crippen LogP contribution in [0.2, 0.25) is 0 Å². The molecule has 0 bridgehead atoms. The molecule has 2 heterocycles. The number of aryl methyl sites for hydroxylation is 2. The SMILES string of the molecule is CCCn1nc(C)cc1NC(=O)C(C)n1ccc(C(=O)O)n1. The summed E-state index contributed by atoms with van der Waals surface area (Å²) in [5.41, 5.74) is 0.732. The largest absolute Gasteiger partial charge is 0.476 e. The lowest BCUT2D eigenvalue weighted by Crippen LogP contribution is -2.25. The zero-order valence-electron chi connectivity index (χ0n) is 12.8. The second-order valence-electron chi connectivity index (χ2n) is 5.05. The van der Waals surface area contributed by atoms with E-state index in [1.165, 1.54) is 16.9 Å². The third kappa shape index (κ3) is 3.33.